The van der Waals surface area contributed by atoms with Crippen LogP contribution in [0.25, 0.3) is 0 Å². The van der Waals surface area contributed by atoms with Gasteiger partial charge >= 0.3 is 5.97 Å². The SMILES string of the molecule is COC(=O)C1CCC(=O)N1C(c1ccc(Br)cc1)C1CC1. The molecule has 0 spiro atoms. The standard InChI is InChI=1S/C16H18BrNO3/c1-21-16(20)13-8-9-14(19)18(13)15(10-2-3-10)11-4-6-12(17)7-5-11/h4-7,10,13,15H,2-3,8-9H2,1H3. The summed E-state index contributed by atoms with van der Waals surface area (Å²) in [6.45, 7) is 0. The molecular formula is C16H18BrNO3. The fourth-order valence-corrected chi connectivity index (χ4v) is 3.41. The Labute approximate surface area is 132 Å². The van der Waals surface area contributed by atoms with Crippen molar-refractivity contribution in [2.75, 3.05) is 7.11 Å². The van der Waals surface area contributed by atoms with Gasteiger partial charge in [0.1, 0.15) is 6.04 Å². The Morgan fingerprint density at radius 1 is 1.29 bits per heavy atom. The maximum atomic E-state index is 12.3. The lowest BCUT2D eigenvalue weighted by molar-refractivity contribution is -0.151. The maximum Gasteiger partial charge on any atom is 0.328 e. The first-order valence-corrected chi connectivity index (χ1v) is 8.05. The highest BCUT2D eigenvalue weighted by molar-refractivity contribution is 9.10. The Morgan fingerprint density at radius 3 is 2.52 bits per heavy atom. The lowest BCUT2D eigenvalue weighted by atomic mass is 9.99. The molecule has 1 aliphatic heterocycles. The van der Waals surface area contributed by atoms with Crippen molar-refractivity contribution in [2.24, 2.45) is 5.92 Å². The summed E-state index contributed by atoms with van der Waals surface area (Å²) < 4.78 is 5.89. The maximum absolute atomic E-state index is 12.3. The van der Waals surface area contributed by atoms with Crippen molar-refractivity contribution in [1.29, 1.82) is 0 Å². The smallest absolute Gasteiger partial charge is 0.328 e. The Kier molecular flexibility index (Phi) is 4.02. The molecule has 1 saturated heterocycles. The zero-order valence-electron chi connectivity index (χ0n) is 11.9. The van der Waals surface area contributed by atoms with Gasteiger partial charge in [0.05, 0.1) is 13.2 Å². The van der Waals surface area contributed by atoms with E-state index in [1.165, 1.54) is 7.11 Å². The molecule has 0 bridgehead atoms. The fraction of sp³-hybridized carbons (Fsp3) is 0.500. The molecule has 2 atom stereocenters. The summed E-state index contributed by atoms with van der Waals surface area (Å²) in [5, 5.41) is 0. The first kappa shape index (κ1) is 14.6. The molecule has 1 amide bonds. The second kappa shape index (κ2) is 5.79. The van der Waals surface area contributed by atoms with Crippen LogP contribution in [0.3, 0.4) is 0 Å². The van der Waals surface area contributed by atoms with Gasteiger partial charge in [-0.3, -0.25) is 4.79 Å². The summed E-state index contributed by atoms with van der Waals surface area (Å²) in [5.41, 5.74) is 1.10. The third-order valence-electron chi connectivity index (χ3n) is 4.31. The van der Waals surface area contributed by atoms with E-state index in [9.17, 15) is 9.59 Å². The summed E-state index contributed by atoms with van der Waals surface area (Å²) in [5.74, 6) is 0.217. The van der Waals surface area contributed by atoms with Gasteiger partial charge in [0.25, 0.3) is 0 Å². The fourth-order valence-electron chi connectivity index (χ4n) is 3.15. The molecule has 0 N–H and O–H groups in total. The van der Waals surface area contributed by atoms with E-state index < -0.39 is 6.04 Å². The van der Waals surface area contributed by atoms with Gasteiger partial charge in [0.2, 0.25) is 5.91 Å². The number of carbonyl (C=O) groups is 2. The van der Waals surface area contributed by atoms with Crippen molar-refractivity contribution in [3.63, 3.8) is 0 Å². The highest BCUT2D eigenvalue weighted by Gasteiger charge is 2.46. The Balaban J connectivity index is 1.94. The van der Waals surface area contributed by atoms with E-state index in [4.69, 9.17) is 4.74 Å². The molecule has 1 aromatic carbocycles. The highest BCUT2D eigenvalue weighted by Crippen LogP contribution is 2.47. The van der Waals surface area contributed by atoms with Crippen LogP contribution in [0, 0.1) is 5.92 Å². The third-order valence-corrected chi connectivity index (χ3v) is 4.84. The van der Waals surface area contributed by atoms with Gasteiger partial charge in [0, 0.05) is 10.9 Å². The van der Waals surface area contributed by atoms with Crippen LogP contribution in [0.1, 0.15) is 37.3 Å². The molecule has 1 aromatic rings. The normalized spacial score (nSPS) is 23.2. The van der Waals surface area contributed by atoms with Gasteiger partial charge in [-0.25, -0.2) is 4.79 Å². The van der Waals surface area contributed by atoms with E-state index >= 15 is 0 Å². The number of esters is 1. The minimum atomic E-state index is -0.434. The molecule has 4 nitrogen and oxygen atoms in total. The number of hydrogen-bond donors (Lipinski definition) is 0. The van der Waals surface area contributed by atoms with Gasteiger partial charge in [-0.1, -0.05) is 28.1 Å². The average Bonchev–Trinajstić information content (AvgIpc) is 3.25. The lowest BCUT2D eigenvalue weighted by Crippen LogP contribution is -2.42. The number of amides is 1. The van der Waals surface area contributed by atoms with Crippen molar-refractivity contribution in [2.45, 2.75) is 37.8 Å². The van der Waals surface area contributed by atoms with Gasteiger partial charge in [0.15, 0.2) is 0 Å². The van der Waals surface area contributed by atoms with Crippen molar-refractivity contribution >= 4 is 27.8 Å². The third kappa shape index (κ3) is 2.84. The lowest BCUT2D eigenvalue weighted by Gasteiger charge is -2.32. The number of halogens is 1. The second-order valence-electron chi connectivity index (χ2n) is 5.71. The molecule has 21 heavy (non-hydrogen) atoms. The summed E-state index contributed by atoms with van der Waals surface area (Å²) >= 11 is 3.43. The number of likely N-dealkylation sites (tertiary alicyclic amines) is 1. The molecule has 0 radical (unpaired) electrons. The number of ether oxygens (including phenoxy) is 1. The van der Waals surface area contributed by atoms with Crippen LogP contribution < -0.4 is 0 Å². The number of benzene rings is 1. The Morgan fingerprint density at radius 2 is 1.95 bits per heavy atom. The minimum absolute atomic E-state index is 0.00259. The predicted octanol–water partition coefficient (Wildman–Crippen LogP) is 3.06. The van der Waals surface area contributed by atoms with Crippen LogP contribution >= 0.6 is 15.9 Å². The summed E-state index contributed by atoms with van der Waals surface area (Å²) in [4.78, 5) is 26.1. The summed E-state index contributed by atoms with van der Waals surface area (Å²) in [6, 6.07) is 7.60. The largest absolute Gasteiger partial charge is 0.467 e. The zero-order valence-corrected chi connectivity index (χ0v) is 13.5. The number of rotatable bonds is 4. The molecule has 3 rings (SSSR count). The van der Waals surface area contributed by atoms with Crippen LogP contribution in [-0.4, -0.2) is 29.9 Å². The molecule has 1 aliphatic carbocycles. The number of carbonyl (C=O) groups excluding carboxylic acids is 2. The number of nitrogens with zero attached hydrogens (tertiary/aromatic N) is 1. The first-order chi connectivity index (χ1) is 10.1. The van der Waals surface area contributed by atoms with Crippen molar-refractivity contribution in [3.05, 3.63) is 34.3 Å². The second-order valence-corrected chi connectivity index (χ2v) is 6.63. The van der Waals surface area contributed by atoms with E-state index in [1.807, 2.05) is 24.3 Å². The first-order valence-electron chi connectivity index (χ1n) is 7.26. The highest BCUT2D eigenvalue weighted by atomic mass is 79.9. The molecule has 0 aromatic heterocycles. The molecule has 1 heterocycles. The number of hydrogen-bond acceptors (Lipinski definition) is 3. The monoisotopic (exact) mass is 351 g/mol. The van der Waals surface area contributed by atoms with Crippen molar-refractivity contribution in [3.8, 4) is 0 Å². The van der Waals surface area contributed by atoms with Crippen LogP contribution in [0.5, 0.6) is 0 Å². The van der Waals surface area contributed by atoms with Crippen LogP contribution in [0.4, 0.5) is 0 Å². The molecule has 1 saturated carbocycles. The zero-order chi connectivity index (χ0) is 15.0. The average molecular weight is 352 g/mol. The van der Waals surface area contributed by atoms with Gasteiger partial charge in [-0.05, 0) is 42.9 Å². The summed E-state index contributed by atoms with van der Waals surface area (Å²) in [6.07, 6.45) is 3.21. The Hall–Kier alpha value is -1.36. The van der Waals surface area contributed by atoms with Crippen molar-refractivity contribution < 1.29 is 14.3 Å². The van der Waals surface area contributed by atoms with Gasteiger partial charge in [-0.15, -0.1) is 0 Å². The van der Waals surface area contributed by atoms with E-state index in [1.54, 1.807) is 4.90 Å². The van der Waals surface area contributed by atoms with Crippen LogP contribution in [-0.2, 0) is 14.3 Å². The Bertz CT molecular complexity index is 553. The molecule has 112 valence electrons. The van der Waals surface area contributed by atoms with E-state index in [-0.39, 0.29) is 17.9 Å². The van der Waals surface area contributed by atoms with E-state index in [0.717, 1.165) is 22.9 Å². The number of methoxy groups -OCH3 is 1. The van der Waals surface area contributed by atoms with Crippen molar-refractivity contribution in [1.82, 2.24) is 4.90 Å². The predicted molar refractivity (Wildman–Crippen MR) is 81.5 cm³/mol. The molecular weight excluding hydrogens is 334 g/mol. The van der Waals surface area contributed by atoms with Gasteiger partial charge < -0.3 is 9.64 Å². The minimum Gasteiger partial charge on any atom is -0.467 e. The summed E-state index contributed by atoms with van der Waals surface area (Å²) in [7, 11) is 1.38. The van der Waals surface area contributed by atoms with E-state index in [2.05, 4.69) is 15.9 Å². The quantitative estimate of drug-likeness (QED) is 0.783. The van der Waals surface area contributed by atoms with Crippen LogP contribution in [0.15, 0.2) is 28.7 Å². The van der Waals surface area contributed by atoms with Crippen LogP contribution in [0.2, 0.25) is 0 Å². The van der Waals surface area contributed by atoms with Gasteiger partial charge in [-0.2, -0.15) is 0 Å². The molecule has 2 fully saturated rings. The molecule has 2 unspecified atom stereocenters. The van der Waals surface area contributed by atoms with E-state index in [0.29, 0.717) is 18.8 Å². The molecule has 5 heteroatoms. The topological polar surface area (TPSA) is 46.6 Å². The molecule has 2 aliphatic rings.